The highest BCUT2D eigenvalue weighted by molar-refractivity contribution is 7.89. The van der Waals surface area contributed by atoms with Gasteiger partial charge in [-0.15, -0.1) is 0 Å². The number of aryl methyl sites for hydroxylation is 2. The monoisotopic (exact) mass is 589 g/mol. The van der Waals surface area contributed by atoms with Gasteiger partial charge in [-0.25, -0.2) is 17.5 Å². The van der Waals surface area contributed by atoms with Gasteiger partial charge in [0.25, 0.3) is 5.91 Å². The fourth-order valence-electron chi connectivity index (χ4n) is 4.39. The molecule has 1 aromatic heterocycles. The highest BCUT2D eigenvalue weighted by Crippen LogP contribution is 2.36. The molecule has 2 aliphatic rings. The number of nitrogens with zero attached hydrogens (tertiary/aromatic N) is 2. The fraction of sp³-hybridized carbons (Fsp3) is 0.458. The predicted octanol–water partition coefficient (Wildman–Crippen LogP) is 1.82. The summed E-state index contributed by atoms with van der Waals surface area (Å²) in [7, 11) is -2.86. The van der Waals surface area contributed by atoms with E-state index < -0.39 is 57.4 Å². The van der Waals surface area contributed by atoms with Crippen molar-refractivity contribution in [1.29, 1.82) is 0 Å². The molecule has 0 unspecified atom stereocenters. The molecule has 2 aromatic rings. The zero-order valence-corrected chi connectivity index (χ0v) is 22.7. The van der Waals surface area contributed by atoms with Crippen LogP contribution in [0.3, 0.4) is 0 Å². The molecule has 0 radical (unpaired) electrons. The molecular formula is C24H27F4N5O6S. The van der Waals surface area contributed by atoms with Crippen LogP contribution in [-0.4, -0.2) is 72.6 Å². The third-order valence-corrected chi connectivity index (χ3v) is 8.25. The minimum atomic E-state index is -4.81. The maximum atomic E-state index is 13.6. The van der Waals surface area contributed by atoms with E-state index in [2.05, 4.69) is 10.0 Å². The summed E-state index contributed by atoms with van der Waals surface area (Å²) in [6.45, 7) is 2.44. The van der Waals surface area contributed by atoms with Gasteiger partial charge in [0.15, 0.2) is 11.4 Å². The Labute approximate surface area is 226 Å². The van der Waals surface area contributed by atoms with E-state index in [1.165, 1.54) is 42.9 Å². The SMILES string of the molecule is Cc1cc(NC(=O)c2c3c(cn2C)S(=O)(=O)N[C@@H]2CN(C(=O)C(=O)NC(C)(C)C(F)(F)F)CC[C@H]2O3)ccc1F. The molecule has 1 fully saturated rings. The molecule has 218 valence electrons. The second-order valence-corrected chi connectivity index (χ2v) is 11.9. The quantitative estimate of drug-likeness (QED) is 0.369. The molecule has 0 aliphatic carbocycles. The Balaban J connectivity index is 1.55. The van der Waals surface area contributed by atoms with Crippen molar-refractivity contribution in [3.63, 3.8) is 0 Å². The molecule has 1 aromatic carbocycles. The largest absolute Gasteiger partial charge is 0.485 e. The number of likely N-dealkylation sites (tertiary alicyclic amines) is 1. The van der Waals surface area contributed by atoms with Crippen molar-refractivity contribution >= 4 is 33.4 Å². The number of carbonyl (C=O) groups excluding carboxylic acids is 3. The van der Waals surface area contributed by atoms with Gasteiger partial charge in [0, 0.05) is 38.4 Å². The Morgan fingerprint density at radius 2 is 1.85 bits per heavy atom. The average Bonchev–Trinajstić information content (AvgIpc) is 3.12. The minimum absolute atomic E-state index is 0.00141. The number of benzene rings is 1. The Kier molecular flexibility index (Phi) is 7.38. The molecule has 0 saturated carbocycles. The molecular weight excluding hydrogens is 562 g/mol. The lowest BCUT2D eigenvalue weighted by Gasteiger charge is -2.37. The topological polar surface area (TPSA) is 139 Å². The second-order valence-electron chi connectivity index (χ2n) is 10.2. The lowest BCUT2D eigenvalue weighted by Crippen LogP contribution is -2.61. The predicted molar refractivity (Wildman–Crippen MR) is 133 cm³/mol. The minimum Gasteiger partial charge on any atom is -0.485 e. The first-order valence-electron chi connectivity index (χ1n) is 12.1. The van der Waals surface area contributed by atoms with E-state index in [1.807, 2.05) is 0 Å². The van der Waals surface area contributed by atoms with E-state index in [4.69, 9.17) is 4.74 Å². The van der Waals surface area contributed by atoms with E-state index in [1.54, 1.807) is 5.32 Å². The summed E-state index contributed by atoms with van der Waals surface area (Å²) in [5.74, 6) is -4.17. The van der Waals surface area contributed by atoms with Crippen LogP contribution in [0, 0.1) is 12.7 Å². The number of piperidine rings is 1. The zero-order valence-electron chi connectivity index (χ0n) is 21.8. The van der Waals surface area contributed by atoms with Gasteiger partial charge in [0.1, 0.15) is 22.4 Å². The van der Waals surface area contributed by atoms with Crippen molar-refractivity contribution < 1.29 is 45.1 Å². The van der Waals surface area contributed by atoms with Crippen LogP contribution in [0.25, 0.3) is 0 Å². The summed E-state index contributed by atoms with van der Waals surface area (Å²) in [6.07, 6.45) is -4.51. The summed E-state index contributed by atoms with van der Waals surface area (Å²) in [5, 5.41) is 4.25. The second kappa shape index (κ2) is 10.1. The normalized spacial score (nSPS) is 20.4. The number of hydrogen-bond acceptors (Lipinski definition) is 6. The van der Waals surface area contributed by atoms with Crippen molar-refractivity contribution in [2.24, 2.45) is 7.05 Å². The van der Waals surface area contributed by atoms with Gasteiger partial charge in [0.2, 0.25) is 10.0 Å². The average molecular weight is 590 g/mol. The number of amides is 3. The van der Waals surface area contributed by atoms with Crippen LogP contribution in [0.4, 0.5) is 23.2 Å². The van der Waals surface area contributed by atoms with Crippen molar-refractivity contribution in [2.45, 2.75) is 55.9 Å². The summed E-state index contributed by atoms with van der Waals surface area (Å²) in [5.41, 5.74) is -2.25. The zero-order chi connectivity index (χ0) is 29.8. The molecule has 3 N–H and O–H groups in total. The number of carbonyl (C=O) groups is 3. The molecule has 11 nitrogen and oxygen atoms in total. The molecule has 2 aliphatic heterocycles. The van der Waals surface area contributed by atoms with Crippen LogP contribution in [0.15, 0.2) is 29.3 Å². The number of ether oxygens (including phenoxy) is 1. The summed E-state index contributed by atoms with van der Waals surface area (Å²) >= 11 is 0. The van der Waals surface area contributed by atoms with Crippen LogP contribution < -0.4 is 20.1 Å². The van der Waals surface area contributed by atoms with Gasteiger partial charge in [-0.1, -0.05) is 0 Å². The lowest BCUT2D eigenvalue weighted by atomic mass is 10.0. The number of aromatic nitrogens is 1. The highest BCUT2D eigenvalue weighted by Gasteiger charge is 2.50. The number of sulfonamides is 1. The van der Waals surface area contributed by atoms with E-state index in [0.717, 1.165) is 4.90 Å². The summed E-state index contributed by atoms with van der Waals surface area (Å²) in [6, 6.07) is 2.85. The maximum Gasteiger partial charge on any atom is 0.410 e. The van der Waals surface area contributed by atoms with Gasteiger partial charge in [-0.3, -0.25) is 14.4 Å². The maximum absolute atomic E-state index is 13.6. The van der Waals surface area contributed by atoms with Gasteiger partial charge < -0.3 is 24.8 Å². The number of anilines is 1. The van der Waals surface area contributed by atoms with E-state index in [9.17, 15) is 40.4 Å². The number of nitrogens with one attached hydrogen (secondary N) is 3. The standard InChI is InChI=1S/C24H27F4N5O6S/c1-12-9-13(5-6-14(12)25)29-20(34)18-19-17(11-32(18)4)40(37,38)31-15-10-33(8-7-16(15)39-19)22(36)21(35)30-23(2,3)24(26,27)28/h5-6,9,11,15-16,31H,7-8,10H2,1-4H3,(H,29,34)(H,30,35)/t15-,16-/m1/s1. The highest BCUT2D eigenvalue weighted by atomic mass is 32.2. The van der Waals surface area contributed by atoms with Crippen molar-refractivity contribution in [3.8, 4) is 5.75 Å². The van der Waals surface area contributed by atoms with E-state index >= 15 is 0 Å². The number of fused-ring (bicyclic) bond motifs is 2. The Bertz CT molecular complexity index is 1490. The first-order chi connectivity index (χ1) is 18.4. The van der Waals surface area contributed by atoms with Crippen LogP contribution >= 0.6 is 0 Å². The molecule has 1 saturated heterocycles. The van der Waals surface area contributed by atoms with E-state index in [-0.39, 0.29) is 47.1 Å². The smallest absolute Gasteiger partial charge is 0.410 e. The molecule has 0 bridgehead atoms. The first-order valence-corrected chi connectivity index (χ1v) is 13.5. The summed E-state index contributed by atoms with van der Waals surface area (Å²) < 4.78 is 89.1. The van der Waals surface area contributed by atoms with Crippen molar-refractivity contribution in [3.05, 3.63) is 41.5 Å². The van der Waals surface area contributed by atoms with Crippen LogP contribution in [0.5, 0.6) is 5.75 Å². The van der Waals surface area contributed by atoms with Crippen molar-refractivity contribution in [2.75, 3.05) is 18.4 Å². The number of halogens is 4. The van der Waals surface area contributed by atoms with Crippen LogP contribution in [0.2, 0.25) is 0 Å². The van der Waals surface area contributed by atoms with E-state index in [0.29, 0.717) is 13.8 Å². The fourth-order valence-corrected chi connectivity index (χ4v) is 5.83. The summed E-state index contributed by atoms with van der Waals surface area (Å²) in [4.78, 5) is 38.7. The molecule has 3 heterocycles. The molecule has 40 heavy (non-hydrogen) atoms. The first kappa shape index (κ1) is 29.3. The van der Waals surface area contributed by atoms with Crippen LogP contribution in [0.1, 0.15) is 36.3 Å². The third-order valence-electron chi connectivity index (χ3n) is 6.76. The van der Waals surface area contributed by atoms with Crippen molar-refractivity contribution in [1.82, 2.24) is 19.5 Å². The van der Waals surface area contributed by atoms with Crippen LogP contribution in [-0.2, 0) is 26.7 Å². The molecule has 4 rings (SSSR count). The lowest BCUT2D eigenvalue weighted by molar-refractivity contribution is -0.189. The number of rotatable bonds is 3. The molecule has 3 amide bonds. The van der Waals surface area contributed by atoms with Gasteiger partial charge >= 0.3 is 18.0 Å². The van der Waals surface area contributed by atoms with Gasteiger partial charge in [-0.05, 0) is 44.5 Å². The van der Waals surface area contributed by atoms with Gasteiger partial charge in [-0.2, -0.15) is 13.2 Å². The molecule has 16 heteroatoms. The Morgan fingerprint density at radius 1 is 1.18 bits per heavy atom. The van der Waals surface area contributed by atoms with Gasteiger partial charge in [0.05, 0.1) is 6.04 Å². The molecule has 2 atom stereocenters. The Hall–Kier alpha value is -3.66. The number of hydrogen-bond donors (Lipinski definition) is 3. The molecule has 0 spiro atoms. The third kappa shape index (κ3) is 5.50. The Morgan fingerprint density at radius 3 is 2.48 bits per heavy atom. The number of alkyl halides is 3.